The Kier molecular flexibility index (Phi) is 6.31. The number of unbranched alkanes of at least 4 members (excludes halogenated alkanes) is 1. The highest BCUT2D eigenvalue weighted by atomic mass is 32.2. The van der Waals surface area contributed by atoms with Crippen LogP contribution < -0.4 is 5.32 Å². The van der Waals surface area contributed by atoms with Crippen molar-refractivity contribution in [2.75, 3.05) is 11.1 Å². The van der Waals surface area contributed by atoms with Crippen molar-refractivity contribution in [3.8, 4) is 0 Å². The predicted molar refractivity (Wildman–Crippen MR) is 91.4 cm³/mol. The third-order valence-electron chi connectivity index (χ3n) is 3.32. The second-order valence-corrected chi connectivity index (χ2v) is 7.37. The van der Waals surface area contributed by atoms with Gasteiger partial charge in [0.2, 0.25) is 0 Å². The number of nitrogens with zero attached hydrogens (tertiary/aromatic N) is 1. The highest BCUT2D eigenvalue weighted by Gasteiger charge is 2.13. The fraction of sp³-hybridized carbons (Fsp3) is 0.294. The molecule has 7 heteroatoms. The Morgan fingerprint density at radius 1 is 1.21 bits per heavy atom. The Labute approximate surface area is 141 Å². The van der Waals surface area contributed by atoms with Gasteiger partial charge in [0.05, 0.1) is 10.6 Å². The molecule has 1 N–H and O–H groups in total. The van der Waals surface area contributed by atoms with Gasteiger partial charge in [-0.25, -0.2) is 13.2 Å². The molecule has 0 bridgehead atoms. The number of amides is 1. The van der Waals surface area contributed by atoms with Gasteiger partial charge in [-0.2, -0.15) is 0 Å². The lowest BCUT2D eigenvalue weighted by Crippen LogP contribution is -2.14. The number of aromatic nitrogens is 1. The van der Waals surface area contributed by atoms with Crippen molar-refractivity contribution >= 4 is 21.6 Å². The van der Waals surface area contributed by atoms with E-state index in [9.17, 15) is 13.2 Å². The molecule has 0 spiro atoms. The molecule has 1 aromatic carbocycles. The van der Waals surface area contributed by atoms with Crippen LogP contribution in [0.25, 0.3) is 0 Å². The van der Waals surface area contributed by atoms with Gasteiger partial charge >= 0.3 is 6.09 Å². The topological polar surface area (TPSA) is 85.4 Å². The van der Waals surface area contributed by atoms with Crippen LogP contribution in [0.15, 0.2) is 53.7 Å². The minimum atomic E-state index is -3.26. The lowest BCUT2D eigenvalue weighted by Gasteiger charge is -2.08. The normalized spacial score (nSPS) is 11.0. The van der Waals surface area contributed by atoms with E-state index >= 15 is 0 Å². The minimum Gasteiger partial charge on any atom is -0.444 e. The van der Waals surface area contributed by atoms with Gasteiger partial charge in [-0.1, -0.05) is 19.4 Å². The number of sulfone groups is 1. The van der Waals surface area contributed by atoms with Crippen LogP contribution in [0.3, 0.4) is 0 Å². The van der Waals surface area contributed by atoms with Crippen LogP contribution in [0.4, 0.5) is 10.5 Å². The Hall–Kier alpha value is -2.41. The van der Waals surface area contributed by atoms with E-state index in [0.717, 1.165) is 12.0 Å². The highest BCUT2D eigenvalue weighted by molar-refractivity contribution is 7.91. The van der Waals surface area contributed by atoms with Gasteiger partial charge in [0.15, 0.2) is 9.84 Å². The Balaban J connectivity index is 1.90. The van der Waals surface area contributed by atoms with Gasteiger partial charge in [0, 0.05) is 23.6 Å². The van der Waals surface area contributed by atoms with Crippen LogP contribution in [-0.4, -0.2) is 25.2 Å². The Morgan fingerprint density at radius 2 is 1.96 bits per heavy atom. The van der Waals surface area contributed by atoms with Crippen molar-refractivity contribution < 1.29 is 17.9 Å². The molecule has 0 unspecified atom stereocenters. The molecule has 0 aliphatic carbocycles. The number of carbonyl (C=O) groups excluding carboxylic acids is 1. The highest BCUT2D eigenvalue weighted by Crippen LogP contribution is 2.17. The fourth-order valence-electron chi connectivity index (χ4n) is 1.98. The first kappa shape index (κ1) is 17.9. The molecule has 6 nitrogen and oxygen atoms in total. The van der Waals surface area contributed by atoms with Crippen molar-refractivity contribution in [1.82, 2.24) is 4.98 Å². The van der Waals surface area contributed by atoms with E-state index in [4.69, 9.17) is 4.74 Å². The number of anilines is 1. The SMILES string of the molecule is CCCCS(=O)(=O)c1ccc(NC(=O)OCc2cccnc2)cc1. The summed E-state index contributed by atoms with van der Waals surface area (Å²) in [4.78, 5) is 15.9. The van der Waals surface area contributed by atoms with Crippen molar-refractivity contribution in [1.29, 1.82) is 0 Å². The molecule has 0 aliphatic heterocycles. The van der Waals surface area contributed by atoms with E-state index < -0.39 is 15.9 Å². The largest absolute Gasteiger partial charge is 0.444 e. The predicted octanol–water partition coefficient (Wildman–Crippen LogP) is 3.40. The zero-order chi connectivity index (χ0) is 17.4. The van der Waals surface area contributed by atoms with Crippen LogP contribution in [-0.2, 0) is 21.2 Å². The summed E-state index contributed by atoms with van der Waals surface area (Å²) in [7, 11) is -3.26. The number of hydrogen-bond donors (Lipinski definition) is 1. The lowest BCUT2D eigenvalue weighted by molar-refractivity contribution is 0.155. The molecule has 0 fully saturated rings. The molecule has 0 saturated heterocycles. The summed E-state index contributed by atoms with van der Waals surface area (Å²) in [6, 6.07) is 9.63. The average molecular weight is 348 g/mol. The van der Waals surface area contributed by atoms with Crippen LogP contribution in [0.2, 0.25) is 0 Å². The van der Waals surface area contributed by atoms with E-state index in [1.807, 2.05) is 6.92 Å². The third-order valence-corrected chi connectivity index (χ3v) is 5.14. The smallest absolute Gasteiger partial charge is 0.411 e. The number of carbonyl (C=O) groups is 1. The van der Waals surface area contributed by atoms with E-state index in [1.165, 1.54) is 12.1 Å². The summed E-state index contributed by atoms with van der Waals surface area (Å²) in [5, 5.41) is 2.56. The number of nitrogens with one attached hydrogen (secondary N) is 1. The number of hydrogen-bond acceptors (Lipinski definition) is 5. The molecule has 24 heavy (non-hydrogen) atoms. The van der Waals surface area contributed by atoms with E-state index in [-0.39, 0.29) is 17.3 Å². The van der Waals surface area contributed by atoms with Gasteiger partial charge in [-0.15, -0.1) is 0 Å². The van der Waals surface area contributed by atoms with Crippen LogP contribution in [0.1, 0.15) is 25.3 Å². The quantitative estimate of drug-likeness (QED) is 0.829. The molecule has 1 amide bonds. The van der Waals surface area contributed by atoms with Crippen molar-refractivity contribution in [3.63, 3.8) is 0 Å². The summed E-state index contributed by atoms with van der Waals surface area (Å²) < 4.78 is 29.2. The molecule has 1 heterocycles. The molecule has 0 aliphatic rings. The van der Waals surface area contributed by atoms with Gasteiger partial charge < -0.3 is 4.74 Å². The van der Waals surface area contributed by atoms with Crippen LogP contribution >= 0.6 is 0 Å². The number of rotatable bonds is 7. The average Bonchev–Trinajstić information content (AvgIpc) is 2.60. The summed E-state index contributed by atoms with van der Waals surface area (Å²) in [5.41, 5.74) is 1.26. The molecular weight excluding hydrogens is 328 g/mol. The van der Waals surface area contributed by atoms with E-state index in [0.29, 0.717) is 12.1 Å². The molecule has 2 rings (SSSR count). The maximum atomic E-state index is 12.1. The zero-order valence-corrected chi connectivity index (χ0v) is 14.3. The van der Waals surface area contributed by atoms with E-state index in [2.05, 4.69) is 10.3 Å². The van der Waals surface area contributed by atoms with Gasteiger partial charge in [0.25, 0.3) is 0 Å². The zero-order valence-electron chi connectivity index (χ0n) is 13.4. The molecule has 0 saturated carbocycles. The van der Waals surface area contributed by atoms with Crippen molar-refractivity contribution in [2.24, 2.45) is 0 Å². The van der Waals surface area contributed by atoms with Gasteiger partial charge in [-0.05, 0) is 36.8 Å². The second kappa shape index (κ2) is 8.44. The molecular formula is C17H20N2O4S. The lowest BCUT2D eigenvalue weighted by atomic mass is 10.3. The fourth-order valence-corrected chi connectivity index (χ4v) is 3.44. The first-order valence-corrected chi connectivity index (χ1v) is 9.32. The number of ether oxygens (including phenoxy) is 1. The van der Waals surface area contributed by atoms with Gasteiger partial charge in [0.1, 0.15) is 6.61 Å². The van der Waals surface area contributed by atoms with Gasteiger partial charge in [-0.3, -0.25) is 10.3 Å². The third kappa shape index (κ3) is 5.34. The summed E-state index contributed by atoms with van der Waals surface area (Å²) in [5.74, 6) is 0.128. The monoisotopic (exact) mass is 348 g/mol. The second-order valence-electron chi connectivity index (χ2n) is 5.26. The maximum Gasteiger partial charge on any atom is 0.411 e. The molecule has 2 aromatic rings. The first-order chi connectivity index (χ1) is 11.5. The standard InChI is InChI=1S/C17H20N2O4S/c1-2-3-11-24(21,22)16-8-6-15(7-9-16)19-17(20)23-13-14-5-4-10-18-12-14/h4-10,12H,2-3,11,13H2,1H3,(H,19,20). The summed E-state index contributed by atoms with van der Waals surface area (Å²) >= 11 is 0. The first-order valence-electron chi connectivity index (χ1n) is 7.67. The number of pyridine rings is 1. The maximum absolute atomic E-state index is 12.1. The minimum absolute atomic E-state index is 0.114. The summed E-state index contributed by atoms with van der Waals surface area (Å²) in [6.07, 6.45) is 4.09. The Morgan fingerprint density at radius 3 is 2.58 bits per heavy atom. The molecule has 0 atom stereocenters. The van der Waals surface area contributed by atoms with Crippen molar-refractivity contribution in [2.45, 2.75) is 31.3 Å². The molecule has 0 radical (unpaired) electrons. The van der Waals surface area contributed by atoms with E-state index in [1.54, 1.807) is 36.7 Å². The summed E-state index contributed by atoms with van der Waals surface area (Å²) in [6.45, 7) is 2.06. The van der Waals surface area contributed by atoms with Crippen LogP contribution in [0, 0.1) is 0 Å². The van der Waals surface area contributed by atoms with Crippen molar-refractivity contribution in [3.05, 3.63) is 54.4 Å². The molecule has 1 aromatic heterocycles. The van der Waals surface area contributed by atoms with Crippen LogP contribution in [0.5, 0.6) is 0 Å². The number of benzene rings is 1. The molecule has 128 valence electrons. The Bertz CT molecular complexity index is 759.